The van der Waals surface area contributed by atoms with Crippen LogP contribution in [-0.2, 0) is 4.79 Å². The van der Waals surface area contributed by atoms with Gasteiger partial charge in [0.15, 0.2) is 0 Å². The molecule has 130 valence electrons. The number of primary amides is 1. The Morgan fingerprint density at radius 1 is 1.12 bits per heavy atom. The van der Waals surface area contributed by atoms with Gasteiger partial charge in [0.1, 0.15) is 0 Å². The molecule has 0 bridgehead atoms. The minimum absolute atomic E-state index is 0.167. The van der Waals surface area contributed by atoms with E-state index in [1.807, 2.05) is 0 Å². The van der Waals surface area contributed by atoms with Gasteiger partial charge in [0.2, 0.25) is 5.91 Å². The van der Waals surface area contributed by atoms with Crippen molar-refractivity contribution >= 4 is 29.4 Å². The van der Waals surface area contributed by atoms with Gasteiger partial charge < -0.3 is 11.1 Å². The van der Waals surface area contributed by atoms with E-state index < -0.39 is 23.9 Å². The van der Waals surface area contributed by atoms with Gasteiger partial charge in [-0.1, -0.05) is 29.8 Å². The number of nitrogens with zero attached hydrogens (tertiary/aromatic N) is 1. The number of rotatable bonds is 5. The van der Waals surface area contributed by atoms with Crippen molar-refractivity contribution in [1.82, 2.24) is 21.2 Å². The van der Waals surface area contributed by atoms with Crippen LogP contribution in [-0.4, -0.2) is 22.8 Å². The topological polar surface area (TPSA) is 126 Å². The molecule has 1 atom stereocenters. The Bertz CT molecular complexity index is 769. The highest BCUT2D eigenvalue weighted by molar-refractivity contribution is 6.31. The van der Waals surface area contributed by atoms with E-state index in [0.717, 1.165) is 0 Å². The zero-order chi connectivity index (χ0) is 18.2. The normalized spacial score (nSPS) is 11.2. The molecule has 0 aliphatic rings. The van der Waals surface area contributed by atoms with Crippen LogP contribution >= 0.6 is 11.6 Å². The van der Waals surface area contributed by atoms with Crippen LogP contribution in [0.5, 0.6) is 0 Å². The second-order valence-corrected chi connectivity index (χ2v) is 5.44. The fourth-order valence-electron chi connectivity index (χ4n) is 2.10. The molecule has 2 aromatic rings. The van der Waals surface area contributed by atoms with E-state index in [4.69, 9.17) is 17.3 Å². The third-order valence-corrected chi connectivity index (χ3v) is 3.57. The maximum atomic E-state index is 12.1. The molecule has 0 radical (unpaired) electrons. The zero-order valence-electron chi connectivity index (χ0n) is 13.0. The highest BCUT2D eigenvalue weighted by atomic mass is 35.5. The predicted molar refractivity (Wildman–Crippen MR) is 91.4 cm³/mol. The molecule has 2 rings (SSSR count). The molecule has 8 nitrogen and oxygen atoms in total. The first kappa shape index (κ1) is 18.2. The number of urea groups is 1. The summed E-state index contributed by atoms with van der Waals surface area (Å²) in [7, 11) is 0. The SMILES string of the molecule is NC(=O)N[C@@H](CC(=O)NNC(=O)c1cccnc1)c1ccccc1Cl. The van der Waals surface area contributed by atoms with Gasteiger partial charge in [-0.2, -0.15) is 0 Å². The number of benzene rings is 1. The first-order valence-electron chi connectivity index (χ1n) is 7.27. The number of aromatic nitrogens is 1. The average molecular weight is 362 g/mol. The Kier molecular flexibility index (Phi) is 6.30. The second kappa shape index (κ2) is 8.65. The molecule has 5 N–H and O–H groups in total. The molecular formula is C16H16ClN5O3. The van der Waals surface area contributed by atoms with Crippen molar-refractivity contribution in [1.29, 1.82) is 0 Å². The lowest BCUT2D eigenvalue weighted by Gasteiger charge is -2.19. The molecule has 0 saturated heterocycles. The van der Waals surface area contributed by atoms with E-state index in [1.165, 1.54) is 12.4 Å². The highest BCUT2D eigenvalue weighted by Gasteiger charge is 2.20. The Morgan fingerprint density at radius 2 is 1.88 bits per heavy atom. The summed E-state index contributed by atoms with van der Waals surface area (Å²) in [5.74, 6) is -1.05. The minimum atomic E-state index is -0.794. The lowest BCUT2D eigenvalue weighted by Crippen LogP contribution is -2.44. The summed E-state index contributed by atoms with van der Waals surface area (Å²) in [5.41, 5.74) is 10.5. The van der Waals surface area contributed by atoms with Gasteiger partial charge in [-0.15, -0.1) is 0 Å². The van der Waals surface area contributed by atoms with E-state index in [-0.39, 0.29) is 6.42 Å². The third kappa shape index (κ3) is 5.47. The van der Waals surface area contributed by atoms with Crippen LogP contribution in [0, 0.1) is 0 Å². The maximum absolute atomic E-state index is 12.1. The number of hydrazine groups is 1. The Morgan fingerprint density at radius 3 is 2.52 bits per heavy atom. The number of hydrogen-bond donors (Lipinski definition) is 4. The quantitative estimate of drug-likeness (QED) is 0.598. The molecule has 1 aromatic heterocycles. The van der Waals surface area contributed by atoms with Crippen LogP contribution in [0.4, 0.5) is 4.79 Å². The van der Waals surface area contributed by atoms with Crippen LogP contribution in [0.15, 0.2) is 48.8 Å². The van der Waals surface area contributed by atoms with E-state index >= 15 is 0 Å². The Labute approximate surface area is 148 Å². The summed E-state index contributed by atoms with van der Waals surface area (Å²) < 4.78 is 0. The molecule has 1 aromatic carbocycles. The lowest BCUT2D eigenvalue weighted by molar-refractivity contribution is -0.122. The summed E-state index contributed by atoms with van der Waals surface area (Å²) in [4.78, 5) is 38.9. The highest BCUT2D eigenvalue weighted by Crippen LogP contribution is 2.24. The van der Waals surface area contributed by atoms with Crippen molar-refractivity contribution in [3.8, 4) is 0 Å². The predicted octanol–water partition coefficient (Wildman–Crippen LogP) is 1.30. The van der Waals surface area contributed by atoms with Crippen LogP contribution in [0.25, 0.3) is 0 Å². The summed E-state index contributed by atoms with van der Waals surface area (Å²) in [6.07, 6.45) is 2.72. The number of amides is 4. The average Bonchev–Trinajstić information content (AvgIpc) is 2.60. The molecule has 0 fully saturated rings. The van der Waals surface area contributed by atoms with E-state index in [9.17, 15) is 14.4 Å². The zero-order valence-corrected chi connectivity index (χ0v) is 13.8. The van der Waals surface area contributed by atoms with Crippen molar-refractivity contribution in [2.75, 3.05) is 0 Å². The number of hydrogen-bond acceptors (Lipinski definition) is 4. The molecule has 4 amide bonds. The van der Waals surface area contributed by atoms with Gasteiger partial charge in [0.05, 0.1) is 18.0 Å². The largest absolute Gasteiger partial charge is 0.352 e. The molecule has 0 aliphatic heterocycles. The summed E-state index contributed by atoms with van der Waals surface area (Å²) >= 11 is 6.09. The first-order valence-corrected chi connectivity index (χ1v) is 7.64. The van der Waals surface area contributed by atoms with Crippen LogP contribution in [0.2, 0.25) is 5.02 Å². The summed E-state index contributed by atoms with van der Waals surface area (Å²) in [5, 5.41) is 2.84. The van der Waals surface area contributed by atoms with Crippen LogP contribution in [0.3, 0.4) is 0 Å². The van der Waals surface area contributed by atoms with Crippen molar-refractivity contribution in [2.45, 2.75) is 12.5 Å². The maximum Gasteiger partial charge on any atom is 0.312 e. The number of carbonyl (C=O) groups excluding carboxylic acids is 3. The molecule has 0 saturated carbocycles. The third-order valence-electron chi connectivity index (χ3n) is 3.23. The van der Waals surface area contributed by atoms with Gasteiger partial charge in [-0.25, -0.2) is 4.79 Å². The molecule has 9 heteroatoms. The minimum Gasteiger partial charge on any atom is -0.352 e. The molecule has 0 unspecified atom stereocenters. The fourth-order valence-corrected chi connectivity index (χ4v) is 2.37. The number of carbonyl (C=O) groups is 3. The standard InChI is InChI=1S/C16H16ClN5O3/c17-12-6-2-1-5-11(12)13(20-16(18)25)8-14(23)21-22-15(24)10-4-3-7-19-9-10/h1-7,9,13H,8H2,(H,21,23)(H,22,24)(H3,18,20,25)/t13-/m0/s1. The monoisotopic (exact) mass is 361 g/mol. The summed E-state index contributed by atoms with van der Waals surface area (Å²) in [6, 6.07) is 8.37. The van der Waals surface area contributed by atoms with Crippen molar-refractivity contribution in [3.05, 3.63) is 64.9 Å². The van der Waals surface area contributed by atoms with Crippen LogP contribution < -0.4 is 21.9 Å². The Balaban J connectivity index is 1.99. The lowest BCUT2D eigenvalue weighted by atomic mass is 10.0. The van der Waals surface area contributed by atoms with E-state index in [2.05, 4.69) is 21.2 Å². The van der Waals surface area contributed by atoms with Gasteiger partial charge in [-0.3, -0.25) is 25.4 Å². The van der Waals surface area contributed by atoms with E-state index in [1.54, 1.807) is 36.4 Å². The Hall–Kier alpha value is -3.13. The number of halogens is 1. The van der Waals surface area contributed by atoms with Gasteiger partial charge >= 0.3 is 6.03 Å². The molecule has 0 spiro atoms. The van der Waals surface area contributed by atoms with Gasteiger partial charge in [-0.05, 0) is 23.8 Å². The number of pyridine rings is 1. The van der Waals surface area contributed by atoms with Crippen molar-refractivity contribution < 1.29 is 14.4 Å². The van der Waals surface area contributed by atoms with Gasteiger partial charge in [0.25, 0.3) is 5.91 Å². The van der Waals surface area contributed by atoms with Gasteiger partial charge in [0, 0.05) is 17.4 Å². The first-order chi connectivity index (χ1) is 12.0. The van der Waals surface area contributed by atoms with Crippen molar-refractivity contribution in [2.24, 2.45) is 5.73 Å². The molecular weight excluding hydrogens is 346 g/mol. The van der Waals surface area contributed by atoms with E-state index in [0.29, 0.717) is 16.1 Å². The van der Waals surface area contributed by atoms with Crippen molar-refractivity contribution in [3.63, 3.8) is 0 Å². The molecule has 25 heavy (non-hydrogen) atoms. The molecule has 0 aliphatic carbocycles. The van der Waals surface area contributed by atoms with Crippen LogP contribution in [0.1, 0.15) is 28.4 Å². The second-order valence-electron chi connectivity index (χ2n) is 5.03. The number of nitrogens with two attached hydrogens (primary N) is 1. The number of nitrogens with one attached hydrogen (secondary N) is 3. The summed E-state index contributed by atoms with van der Waals surface area (Å²) in [6.45, 7) is 0. The molecule has 1 heterocycles. The smallest absolute Gasteiger partial charge is 0.312 e. The fraction of sp³-hybridized carbons (Fsp3) is 0.125.